The highest BCUT2D eigenvalue weighted by molar-refractivity contribution is 7.73. The van der Waals surface area contributed by atoms with Gasteiger partial charge in [0.2, 0.25) is 22.7 Å². The molecule has 0 unspecified atom stereocenters. The molecule has 0 aliphatic rings. The predicted molar refractivity (Wildman–Crippen MR) is 148 cm³/mol. The number of nitrogens with zero attached hydrogens (tertiary/aromatic N) is 1. The van der Waals surface area contributed by atoms with Gasteiger partial charge in [-0.05, 0) is 41.1 Å². The minimum atomic E-state index is -2.75. The molecule has 0 aliphatic heterocycles. The van der Waals surface area contributed by atoms with Crippen LogP contribution in [0, 0.1) is 0 Å². The van der Waals surface area contributed by atoms with Gasteiger partial charge in [-0.15, -0.1) is 22.7 Å². The minimum Gasteiger partial charge on any atom is -0.346 e. The van der Waals surface area contributed by atoms with Crippen molar-refractivity contribution < 1.29 is 18.0 Å². The largest absolute Gasteiger partial charge is 0.346 e. The van der Waals surface area contributed by atoms with E-state index in [4.69, 9.17) is 4.98 Å². The Morgan fingerprint density at radius 3 is 2.27 bits per heavy atom. The van der Waals surface area contributed by atoms with Crippen LogP contribution in [0.1, 0.15) is 29.8 Å². The van der Waals surface area contributed by atoms with E-state index >= 15 is 0 Å². The SMILES string of the molecule is CC(=O)N[C@H](Cc1ccccc1)C(=O)N[C@H](Cc1ccc(N[SH](=O)=O)cc1)c1csc(-c2cccs2)n1. The Kier molecular flexibility index (Phi) is 9.04. The average Bonchev–Trinajstić information content (AvgIpc) is 3.57. The van der Waals surface area contributed by atoms with E-state index in [1.54, 1.807) is 23.5 Å². The Balaban J connectivity index is 1.58. The van der Waals surface area contributed by atoms with Gasteiger partial charge in [0, 0.05) is 24.4 Å². The summed E-state index contributed by atoms with van der Waals surface area (Å²) >= 11 is 3.10. The standard InChI is InChI=1S/C26H26N4O4S3/c1-17(31)27-22(15-18-6-3-2-4-7-18)25(32)28-21(14-19-9-11-20(12-10-19)30-37(33)34)23-16-36-26(29-23)24-8-5-13-35-24/h2-13,16,21-22,37H,14-15H2,1H3,(H,27,31)(H,28,32)(H,30,33,34)/t21-,22-/m1/s1. The summed E-state index contributed by atoms with van der Waals surface area (Å²) in [5.74, 6) is -0.600. The van der Waals surface area contributed by atoms with Crippen molar-refractivity contribution in [2.45, 2.75) is 31.8 Å². The first-order valence-electron chi connectivity index (χ1n) is 11.5. The number of carbonyl (C=O) groups is 2. The van der Waals surface area contributed by atoms with Crippen LogP contribution < -0.4 is 15.4 Å². The number of benzene rings is 2. The molecule has 2 amide bonds. The smallest absolute Gasteiger partial charge is 0.243 e. The lowest BCUT2D eigenvalue weighted by Gasteiger charge is -2.23. The van der Waals surface area contributed by atoms with E-state index in [0.29, 0.717) is 24.2 Å². The quantitative estimate of drug-likeness (QED) is 0.210. The van der Waals surface area contributed by atoms with E-state index in [0.717, 1.165) is 21.0 Å². The van der Waals surface area contributed by atoms with E-state index in [1.165, 1.54) is 18.3 Å². The van der Waals surface area contributed by atoms with Crippen LogP contribution in [-0.4, -0.2) is 31.3 Å². The van der Waals surface area contributed by atoms with Crippen LogP contribution in [0.25, 0.3) is 9.88 Å². The summed E-state index contributed by atoms with van der Waals surface area (Å²) in [5.41, 5.74) is 3.00. The molecule has 2 heterocycles. The molecule has 0 bridgehead atoms. The third kappa shape index (κ3) is 7.72. The average molecular weight is 555 g/mol. The fourth-order valence-electron chi connectivity index (χ4n) is 3.82. The fraction of sp³-hybridized carbons (Fsp3) is 0.192. The van der Waals surface area contributed by atoms with E-state index in [1.807, 2.05) is 65.4 Å². The Labute approximate surface area is 224 Å². The van der Waals surface area contributed by atoms with E-state index in [9.17, 15) is 18.0 Å². The van der Waals surface area contributed by atoms with Gasteiger partial charge in [0.15, 0.2) is 0 Å². The number of thiol groups is 1. The van der Waals surface area contributed by atoms with Crippen molar-refractivity contribution >= 4 is 51.1 Å². The number of rotatable bonds is 11. The van der Waals surface area contributed by atoms with Gasteiger partial charge in [0.25, 0.3) is 0 Å². The molecule has 0 radical (unpaired) electrons. The molecule has 4 aromatic rings. The number of anilines is 1. The van der Waals surface area contributed by atoms with E-state index in [2.05, 4.69) is 15.4 Å². The molecular formula is C26H26N4O4S3. The lowest BCUT2D eigenvalue weighted by Crippen LogP contribution is -2.48. The molecule has 2 aromatic heterocycles. The van der Waals surface area contributed by atoms with Gasteiger partial charge in [0.05, 0.1) is 16.6 Å². The summed E-state index contributed by atoms with van der Waals surface area (Å²) in [6.45, 7) is 1.39. The summed E-state index contributed by atoms with van der Waals surface area (Å²) in [5, 5.41) is 10.7. The van der Waals surface area contributed by atoms with Crippen molar-refractivity contribution in [3.05, 3.63) is 94.3 Å². The first-order chi connectivity index (χ1) is 17.9. The molecule has 192 valence electrons. The summed E-state index contributed by atoms with van der Waals surface area (Å²) < 4.78 is 24.3. The molecular weight excluding hydrogens is 529 g/mol. The van der Waals surface area contributed by atoms with E-state index < -0.39 is 23.0 Å². The number of aromatic nitrogens is 1. The Hall–Kier alpha value is -3.54. The molecule has 0 aliphatic carbocycles. The van der Waals surface area contributed by atoms with Crippen molar-refractivity contribution in [3.8, 4) is 9.88 Å². The van der Waals surface area contributed by atoms with Crippen LogP contribution in [0.4, 0.5) is 5.69 Å². The van der Waals surface area contributed by atoms with Crippen molar-refractivity contribution in [2.75, 3.05) is 4.72 Å². The molecule has 0 saturated heterocycles. The Bertz CT molecular complexity index is 1390. The molecule has 2 atom stereocenters. The highest BCUT2D eigenvalue weighted by Gasteiger charge is 2.25. The van der Waals surface area contributed by atoms with Gasteiger partial charge in [0.1, 0.15) is 11.0 Å². The van der Waals surface area contributed by atoms with Gasteiger partial charge >= 0.3 is 0 Å². The zero-order valence-electron chi connectivity index (χ0n) is 19.9. The van der Waals surface area contributed by atoms with Crippen LogP contribution in [0.5, 0.6) is 0 Å². The maximum absolute atomic E-state index is 13.4. The number of hydrogen-bond donors (Lipinski definition) is 4. The summed E-state index contributed by atoms with van der Waals surface area (Å²) in [4.78, 5) is 31.2. The molecule has 0 fully saturated rings. The number of hydrogen-bond acceptors (Lipinski definition) is 7. The van der Waals surface area contributed by atoms with Crippen molar-refractivity contribution in [3.63, 3.8) is 0 Å². The predicted octanol–water partition coefficient (Wildman–Crippen LogP) is 3.96. The van der Waals surface area contributed by atoms with Crippen LogP contribution in [0.3, 0.4) is 0 Å². The summed E-state index contributed by atoms with van der Waals surface area (Å²) in [7, 11) is -2.75. The van der Waals surface area contributed by atoms with Crippen molar-refractivity contribution in [2.24, 2.45) is 0 Å². The maximum Gasteiger partial charge on any atom is 0.243 e. The van der Waals surface area contributed by atoms with Gasteiger partial charge in [-0.3, -0.25) is 14.3 Å². The minimum absolute atomic E-state index is 0.291. The monoisotopic (exact) mass is 554 g/mol. The first kappa shape index (κ1) is 26.5. The van der Waals surface area contributed by atoms with Crippen molar-refractivity contribution in [1.29, 1.82) is 0 Å². The maximum atomic E-state index is 13.4. The summed E-state index contributed by atoms with van der Waals surface area (Å²) in [6.07, 6.45) is 0.783. The second-order valence-electron chi connectivity index (χ2n) is 8.33. The Morgan fingerprint density at radius 2 is 1.62 bits per heavy atom. The van der Waals surface area contributed by atoms with Gasteiger partial charge < -0.3 is 10.6 Å². The molecule has 37 heavy (non-hydrogen) atoms. The van der Waals surface area contributed by atoms with Gasteiger partial charge in [-0.1, -0.05) is 48.5 Å². The van der Waals surface area contributed by atoms with Gasteiger partial charge in [-0.2, -0.15) is 0 Å². The highest BCUT2D eigenvalue weighted by atomic mass is 32.2. The second-order valence-corrected chi connectivity index (χ2v) is 10.9. The van der Waals surface area contributed by atoms with E-state index in [-0.39, 0.29) is 11.8 Å². The molecule has 3 N–H and O–H groups in total. The highest BCUT2D eigenvalue weighted by Crippen LogP contribution is 2.31. The zero-order valence-corrected chi connectivity index (χ0v) is 22.4. The fourth-order valence-corrected chi connectivity index (χ4v) is 5.87. The second kappa shape index (κ2) is 12.6. The lowest BCUT2D eigenvalue weighted by molar-refractivity contribution is -0.128. The lowest BCUT2D eigenvalue weighted by atomic mass is 10.0. The van der Waals surface area contributed by atoms with Crippen LogP contribution in [0.2, 0.25) is 0 Å². The summed E-state index contributed by atoms with van der Waals surface area (Å²) in [6, 6.07) is 19.2. The number of carbonyl (C=O) groups excluding carboxylic acids is 2. The van der Waals surface area contributed by atoms with Crippen molar-refractivity contribution in [1.82, 2.24) is 15.6 Å². The van der Waals surface area contributed by atoms with Crippen LogP contribution in [-0.2, 0) is 33.3 Å². The third-order valence-corrected chi connectivity index (χ3v) is 7.86. The normalized spacial score (nSPS) is 12.6. The number of amides is 2. The molecule has 4 rings (SSSR count). The van der Waals surface area contributed by atoms with Gasteiger partial charge in [-0.25, -0.2) is 13.4 Å². The number of thiophene rings is 1. The van der Waals surface area contributed by atoms with Crippen LogP contribution >= 0.6 is 22.7 Å². The molecule has 8 nitrogen and oxygen atoms in total. The Morgan fingerprint density at radius 1 is 0.892 bits per heavy atom. The first-order valence-corrected chi connectivity index (χ1v) is 14.4. The van der Waals surface area contributed by atoms with Crippen LogP contribution in [0.15, 0.2) is 77.5 Å². The molecule has 0 spiro atoms. The zero-order chi connectivity index (χ0) is 26.2. The third-order valence-electron chi connectivity index (χ3n) is 5.52. The molecule has 11 heteroatoms. The molecule has 2 aromatic carbocycles. The topological polar surface area (TPSA) is 117 Å². The number of thiazole rings is 1. The molecule has 0 saturated carbocycles. The number of nitrogens with one attached hydrogen (secondary N) is 3.